The third kappa shape index (κ3) is 6.12. The molecule has 0 saturated heterocycles. The number of carbonyl (C=O) groups is 2. The lowest BCUT2D eigenvalue weighted by Crippen LogP contribution is -2.38. The van der Waals surface area contributed by atoms with E-state index in [9.17, 15) is 9.59 Å². The Morgan fingerprint density at radius 3 is 2.33 bits per heavy atom. The lowest BCUT2D eigenvalue weighted by molar-refractivity contribution is -0.137. The van der Waals surface area contributed by atoms with E-state index >= 15 is 0 Å². The SMILES string of the molecule is Cc1ccc(C[C@@H](CC(=O)O)NC(=O)OCc2ccccc2)cc1. The molecule has 0 aromatic heterocycles. The zero-order valence-corrected chi connectivity index (χ0v) is 13.6. The highest BCUT2D eigenvalue weighted by atomic mass is 16.5. The van der Waals surface area contributed by atoms with E-state index in [1.54, 1.807) is 0 Å². The van der Waals surface area contributed by atoms with Gasteiger partial charge in [-0.25, -0.2) is 4.79 Å². The molecule has 0 bridgehead atoms. The molecule has 2 N–H and O–H groups in total. The van der Waals surface area contributed by atoms with Gasteiger partial charge in [0.1, 0.15) is 6.61 Å². The van der Waals surface area contributed by atoms with Gasteiger partial charge < -0.3 is 15.2 Å². The zero-order chi connectivity index (χ0) is 17.4. The average molecular weight is 327 g/mol. The highest BCUT2D eigenvalue weighted by Gasteiger charge is 2.17. The van der Waals surface area contributed by atoms with Crippen molar-refractivity contribution in [2.45, 2.75) is 32.4 Å². The summed E-state index contributed by atoms with van der Waals surface area (Å²) in [5.74, 6) is -0.963. The number of alkyl carbamates (subject to hydrolysis) is 1. The molecule has 5 nitrogen and oxygen atoms in total. The van der Waals surface area contributed by atoms with Gasteiger partial charge in [0.15, 0.2) is 0 Å². The minimum Gasteiger partial charge on any atom is -0.481 e. The van der Waals surface area contributed by atoms with Crippen LogP contribution in [-0.4, -0.2) is 23.2 Å². The maximum atomic E-state index is 11.9. The van der Waals surface area contributed by atoms with Crippen LogP contribution in [0.3, 0.4) is 0 Å². The summed E-state index contributed by atoms with van der Waals surface area (Å²) >= 11 is 0. The second-order valence-corrected chi connectivity index (χ2v) is 5.69. The van der Waals surface area contributed by atoms with Gasteiger partial charge in [-0.05, 0) is 24.5 Å². The van der Waals surface area contributed by atoms with E-state index in [-0.39, 0.29) is 13.0 Å². The number of ether oxygens (including phenoxy) is 1. The molecule has 2 rings (SSSR count). The van der Waals surface area contributed by atoms with Crippen LogP contribution in [0.4, 0.5) is 4.79 Å². The van der Waals surface area contributed by atoms with Gasteiger partial charge in [-0.3, -0.25) is 4.79 Å². The topological polar surface area (TPSA) is 75.6 Å². The standard InChI is InChI=1S/C19H21NO4/c1-14-7-9-15(10-8-14)11-17(12-18(21)22)20-19(23)24-13-16-5-3-2-4-6-16/h2-10,17H,11-13H2,1H3,(H,20,23)(H,21,22)/t17-/m0/s1. The van der Waals surface area contributed by atoms with Crippen molar-refractivity contribution < 1.29 is 19.4 Å². The van der Waals surface area contributed by atoms with E-state index in [1.807, 2.05) is 61.5 Å². The third-order valence-electron chi connectivity index (χ3n) is 3.56. The van der Waals surface area contributed by atoms with Gasteiger partial charge in [-0.1, -0.05) is 60.2 Å². The minimum atomic E-state index is -0.963. The zero-order valence-electron chi connectivity index (χ0n) is 13.6. The van der Waals surface area contributed by atoms with Crippen molar-refractivity contribution in [2.75, 3.05) is 0 Å². The number of rotatable bonds is 7. The first kappa shape index (κ1) is 17.5. The second-order valence-electron chi connectivity index (χ2n) is 5.69. The van der Waals surface area contributed by atoms with Gasteiger partial charge in [0.05, 0.1) is 6.42 Å². The first-order chi connectivity index (χ1) is 11.5. The van der Waals surface area contributed by atoms with Crippen LogP contribution in [0.25, 0.3) is 0 Å². The summed E-state index contributed by atoms with van der Waals surface area (Å²) in [7, 11) is 0. The molecule has 0 spiro atoms. The van der Waals surface area contributed by atoms with Crippen molar-refractivity contribution in [3.63, 3.8) is 0 Å². The summed E-state index contributed by atoms with van der Waals surface area (Å²) < 4.78 is 5.15. The number of hydrogen-bond acceptors (Lipinski definition) is 3. The van der Waals surface area contributed by atoms with Gasteiger partial charge in [-0.2, -0.15) is 0 Å². The maximum absolute atomic E-state index is 11.9. The van der Waals surface area contributed by atoms with Gasteiger partial charge in [0, 0.05) is 6.04 Å². The van der Waals surface area contributed by atoms with E-state index in [4.69, 9.17) is 9.84 Å². The van der Waals surface area contributed by atoms with Crippen molar-refractivity contribution in [1.82, 2.24) is 5.32 Å². The number of carbonyl (C=O) groups excluding carboxylic acids is 1. The highest BCUT2D eigenvalue weighted by molar-refractivity contribution is 5.71. The molecule has 5 heteroatoms. The number of hydrogen-bond donors (Lipinski definition) is 2. The number of aliphatic carboxylic acids is 1. The van der Waals surface area contributed by atoms with Crippen molar-refractivity contribution in [3.8, 4) is 0 Å². The van der Waals surface area contributed by atoms with Gasteiger partial charge >= 0.3 is 12.1 Å². The quantitative estimate of drug-likeness (QED) is 0.818. The Bertz CT molecular complexity index is 668. The van der Waals surface area contributed by atoms with Gasteiger partial charge in [0.25, 0.3) is 0 Å². The van der Waals surface area contributed by atoms with E-state index < -0.39 is 18.1 Å². The van der Waals surface area contributed by atoms with Crippen LogP contribution in [0.1, 0.15) is 23.1 Å². The van der Waals surface area contributed by atoms with Crippen LogP contribution in [0.15, 0.2) is 54.6 Å². The predicted octanol–water partition coefficient (Wildman–Crippen LogP) is 3.31. The van der Waals surface area contributed by atoms with Gasteiger partial charge in [-0.15, -0.1) is 0 Å². The molecule has 2 aromatic rings. The number of amides is 1. The number of nitrogens with one attached hydrogen (secondary N) is 1. The first-order valence-corrected chi connectivity index (χ1v) is 7.77. The third-order valence-corrected chi connectivity index (χ3v) is 3.56. The summed E-state index contributed by atoms with van der Waals surface area (Å²) in [5.41, 5.74) is 2.97. The Kier molecular flexibility index (Phi) is 6.37. The lowest BCUT2D eigenvalue weighted by Gasteiger charge is -2.17. The Balaban J connectivity index is 1.91. The van der Waals surface area contributed by atoms with Crippen LogP contribution < -0.4 is 5.32 Å². The minimum absolute atomic E-state index is 0.150. The summed E-state index contributed by atoms with van der Waals surface area (Å²) in [5, 5.41) is 11.7. The van der Waals surface area contributed by atoms with Crippen LogP contribution in [0.5, 0.6) is 0 Å². The fourth-order valence-electron chi connectivity index (χ4n) is 2.33. The van der Waals surface area contributed by atoms with E-state index in [2.05, 4.69) is 5.32 Å². The smallest absolute Gasteiger partial charge is 0.407 e. The van der Waals surface area contributed by atoms with Crippen molar-refractivity contribution in [3.05, 3.63) is 71.3 Å². The lowest BCUT2D eigenvalue weighted by atomic mass is 10.0. The van der Waals surface area contributed by atoms with E-state index in [1.165, 1.54) is 0 Å². The van der Waals surface area contributed by atoms with Crippen LogP contribution in [-0.2, 0) is 22.6 Å². The molecule has 2 aromatic carbocycles. The molecule has 1 amide bonds. The predicted molar refractivity (Wildman–Crippen MR) is 90.7 cm³/mol. The summed E-state index contributed by atoms with van der Waals surface area (Å²) in [6.07, 6.45) is -0.335. The van der Waals surface area contributed by atoms with E-state index in [0.29, 0.717) is 6.42 Å². The molecule has 0 saturated carbocycles. The first-order valence-electron chi connectivity index (χ1n) is 7.77. The van der Waals surface area contributed by atoms with Crippen molar-refractivity contribution in [2.24, 2.45) is 0 Å². The molecule has 0 radical (unpaired) electrons. The Labute approximate surface area is 141 Å². The van der Waals surface area contributed by atoms with Crippen LogP contribution in [0, 0.1) is 6.92 Å². The molecule has 0 unspecified atom stereocenters. The normalized spacial score (nSPS) is 11.5. The fraction of sp³-hybridized carbons (Fsp3) is 0.263. The Hall–Kier alpha value is -2.82. The molecule has 0 aliphatic rings. The number of carboxylic acids is 1. The molecular formula is C19H21NO4. The maximum Gasteiger partial charge on any atom is 0.407 e. The Morgan fingerprint density at radius 2 is 1.71 bits per heavy atom. The number of benzene rings is 2. The highest BCUT2D eigenvalue weighted by Crippen LogP contribution is 2.09. The molecule has 0 heterocycles. The molecule has 0 aliphatic carbocycles. The molecular weight excluding hydrogens is 306 g/mol. The monoisotopic (exact) mass is 327 g/mol. The van der Waals surface area contributed by atoms with Gasteiger partial charge in [0.2, 0.25) is 0 Å². The number of carboxylic acid groups (broad SMARTS) is 1. The summed E-state index contributed by atoms with van der Waals surface area (Å²) in [4.78, 5) is 22.9. The van der Waals surface area contributed by atoms with Crippen molar-refractivity contribution in [1.29, 1.82) is 0 Å². The summed E-state index contributed by atoms with van der Waals surface area (Å²) in [6.45, 7) is 2.13. The Morgan fingerprint density at radius 1 is 1.04 bits per heavy atom. The number of aryl methyl sites for hydroxylation is 1. The second kappa shape index (κ2) is 8.72. The molecule has 24 heavy (non-hydrogen) atoms. The fourth-order valence-corrected chi connectivity index (χ4v) is 2.33. The largest absolute Gasteiger partial charge is 0.481 e. The molecule has 0 aliphatic heterocycles. The average Bonchev–Trinajstić information content (AvgIpc) is 2.55. The summed E-state index contributed by atoms with van der Waals surface area (Å²) in [6, 6.07) is 16.6. The molecule has 1 atom stereocenters. The van der Waals surface area contributed by atoms with Crippen LogP contribution >= 0.6 is 0 Å². The molecule has 126 valence electrons. The molecule has 0 fully saturated rings. The van der Waals surface area contributed by atoms with Crippen molar-refractivity contribution >= 4 is 12.1 Å². The van der Waals surface area contributed by atoms with E-state index in [0.717, 1.165) is 16.7 Å². The van der Waals surface area contributed by atoms with Crippen LogP contribution in [0.2, 0.25) is 0 Å².